The van der Waals surface area contributed by atoms with E-state index in [4.69, 9.17) is 15.5 Å². The third-order valence-corrected chi connectivity index (χ3v) is 6.95. The smallest absolute Gasteiger partial charge is 0.240 e. The number of piperidine rings is 1. The molecule has 2 N–H and O–H groups in total. The second-order valence-electron chi connectivity index (χ2n) is 9.73. The predicted molar refractivity (Wildman–Crippen MR) is 134 cm³/mol. The molecule has 0 amide bonds. The van der Waals surface area contributed by atoms with Crippen LogP contribution >= 0.6 is 0 Å². The van der Waals surface area contributed by atoms with Crippen LogP contribution in [0.4, 0.5) is 5.95 Å². The Balaban J connectivity index is 1.36. The largest absolute Gasteiger partial charge is 0.491 e. The monoisotopic (exact) mass is 473 g/mol. The molecule has 0 aliphatic carbocycles. The van der Waals surface area contributed by atoms with Gasteiger partial charge < -0.3 is 19.9 Å². The van der Waals surface area contributed by atoms with E-state index < -0.39 is 0 Å². The first-order valence-electron chi connectivity index (χ1n) is 12.3. The van der Waals surface area contributed by atoms with Crippen molar-refractivity contribution in [1.82, 2.24) is 39.0 Å². The van der Waals surface area contributed by atoms with Crippen LogP contribution in [0.5, 0.6) is 5.75 Å². The van der Waals surface area contributed by atoms with Crippen LogP contribution in [-0.2, 0) is 6.54 Å². The van der Waals surface area contributed by atoms with Crippen molar-refractivity contribution in [3.8, 4) is 39.9 Å². The fourth-order valence-electron chi connectivity index (χ4n) is 5.10. The molecule has 0 spiro atoms. The number of fused-ring (bicyclic) bond motifs is 3. The molecule has 0 bridgehead atoms. The molecule has 0 atom stereocenters. The van der Waals surface area contributed by atoms with Crippen LogP contribution in [0.2, 0.25) is 0 Å². The standard InChI is InChI=1S/C25H31N9O/c1-16(2)33-24(29-25(26)30-33)20-15-32-12-13-35-22-14-17(4-5-19(22)23(32)28-20)21-6-9-27-34(21)18-7-10-31(3)11-8-18/h4-6,9,14-16,18H,7-8,10-13H2,1-3H3,(H2,26,30). The van der Waals surface area contributed by atoms with Crippen molar-refractivity contribution in [1.29, 1.82) is 0 Å². The molecule has 1 aromatic carbocycles. The molecule has 10 nitrogen and oxygen atoms in total. The summed E-state index contributed by atoms with van der Waals surface area (Å²) >= 11 is 0. The van der Waals surface area contributed by atoms with Crippen molar-refractivity contribution in [2.75, 3.05) is 32.5 Å². The van der Waals surface area contributed by atoms with E-state index in [1.165, 1.54) is 0 Å². The molecule has 1 fully saturated rings. The zero-order valence-corrected chi connectivity index (χ0v) is 20.4. The Kier molecular flexibility index (Phi) is 5.32. The normalized spacial score (nSPS) is 16.7. The van der Waals surface area contributed by atoms with Crippen molar-refractivity contribution in [2.45, 2.75) is 45.3 Å². The number of nitrogen functional groups attached to an aromatic ring is 1. The molecule has 0 saturated carbocycles. The Morgan fingerprint density at radius 2 is 1.89 bits per heavy atom. The van der Waals surface area contributed by atoms with E-state index in [2.05, 4.69) is 74.5 Å². The van der Waals surface area contributed by atoms with Crippen molar-refractivity contribution in [2.24, 2.45) is 0 Å². The maximum Gasteiger partial charge on any atom is 0.240 e. The number of hydrogen-bond acceptors (Lipinski definition) is 7. The van der Waals surface area contributed by atoms with E-state index in [-0.39, 0.29) is 12.0 Å². The number of ether oxygens (including phenoxy) is 1. The van der Waals surface area contributed by atoms with E-state index in [0.717, 1.165) is 60.0 Å². The Labute approximate surface area is 204 Å². The maximum atomic E-state index is 6.19. The van der Waals surface area contributed by atoms with Crippen LogP contribution in [0.15, 0.2) is 36.7 Å². The average molecular weight is 474 g/mol. The SMILES string of the molecule is CC(C)n1nc(N)nc1-c1cn2c(n1)-c1ccc(-c3ccnn3C3CCN(C)CC3)cc1OCC2. The highest BCUT2D eigenvalue weighted by Gasteiger charge is 2.25. The van der Waals surface area contributed by atoms with Gasteiger partial charge in [0.1, 0.15) is 23.9 Å². The Hall–Kier alpha value is -3.66. The number of imidazole rings is 1. The zero-order valence-electron chi connectivity index (χ0n) is 20.4. The molecule has 35 heavy (non-hydrogen) atoms. The number of hydrogen-bond donors (Lipinski definition) is 1. The van der Waals surface area contributed by atoms with E-state index in [0.29, 0.717) is 25.0 Å². The van der Waals surface area contributed by atoms with Crippen LogP contribution in [0.25, 0.3) is 34.2 Å². The highest BCUT2D eigenvalue weighted by molar-refractivity contribution is 5.74. The van der Waals surface area contributed by atoms with Gasteiger partial charge in [-0.25, -0.2) is 9.67 Å². The van der Waals surface area contributed by atoms with Crippen molar-refractivity contribution >= 4 is 5.95 Å². The molecule has 4 aromatic rings. The quantitative estimate of drug-likeness (QED) is 0.484. The summed E-state index contributed by atoms with van der Waals surface area (Å²) in [6, 6.07) is 9.01. The topological polar surface area (TPSA) is 105 Å². The van der Waals surface area contributed by atoms with Crippen molar-refractivity contribution in [3.05, 3.63) is 36.7 Å². The third kappa shape index (κ3) is 3.87. The summed E-state index contributed by atoms with van der Waals surface area (Å²) in [5.74, 6) is 2.63. The zero-order chi connectivity index (χ0) is 24.1. The van der Waals surface area contributed by atoms with Crippen molar-refractivity contribution in [3.63, 3.8) is 0 Å². The molecule has 0 radical (unpaired) electrons. The lowest BCUT2D eigenvalue weighted by atomic mass is 10.0. The molecule has 182 valence electrons. The first-order valence-corrected chi connectivity index (χ1v) is 12.3. The number of benzene rings is 1. The molecule has 0 unspecified atom stereocenters. The lowest BCUT2D eigenvalue weighted by Crippen LogP contribution is -2.32. The van der Waals surface area contributed by atoms with Crippen molar-refractivity contribution < 1.29 is 4.74 Å². The molecule has 3 aromatic heterocycles. The fraction of sp³-hybridized carbons (Fsp3) is 0.440. The number of likely N-dealkylation sites (tertiary alicyclic amines) is 1. The highest BCUT2D eigenvalue weighted by atomic mass is 16.5. The molecule has 2 aliphatic rings. The molecular formula is C25H31N9O. The Morgan fingerprint density at radius 3 is 2.69 bits per heavy atom. The van der Waals surface area contributed by atoms with Crippen LogP contribution in [-0.4, -0.2) is 65.7 Å². The van der Waals surface area contributed by atoms with Crippen LogP contribution in [0, 0.1) is 0 Å². The summed E-state index contributed by atoms with van der Waals surface area (Å²) in [6.45, 7) is 7.56. The van der Waals surface area contributed by atoms with Gasteiger partial charge >= 0.3 is 0 Å². The predicted octanol–water partition coefficient (Wildman–Crippen LogP) is 3.49. The number of nitrogens with zero attached hydrogens (tertiary/aromatic N) is 8. The van der Waals surface area contributed by atoms with Gasteiger partial charge in [0, 0.05) is 24.0 Å². The van der Waals surface area contributed by atoms with Gasteiger partial charge in [-0.05, 0) is 65.0 Å². The first-order chi connectivity index (χ1) is 17.0. The summed E-state index contributed by atoms with van der Waals surface area (Å²) < 4.78 is 12.3. The van der Waals surface area contributed by atoms with Gasteiger partial charge in [0.15, 0.2) is 5.82 Å². The van der Waals surface area contributed by atoms with Gasteiger partial charge in [0.2, 0.25) is 5.95 Å². The van der Waals surface area contributed by atoms with Gasteiger partial charge in [-0.2, -0.15) is 10.1 Å². The molecule has 6 rings (SSSR count). The first kappa shape index (κ1) is 21.8. The minimum absolute atomic E-state index is 0.129. The summed E-state index contributed by atoms with van der Waals surface area (Å²) in [6.07, 6.45) is 6.13. The van der Waals surface area contributed by atoms with E-state index in [1.54, 1.807) is 0 Å². The maximum absolute atomic E-state index is 6.19. The summed E-state index contributed by atoms with van der Waals surface area (Å²) in [5, 5.41) is 9.03. The third-order valence-electron chi connectivity index (χ3n) is 6.95. The lowest BCUT2D eigenvalue weighted by molar-refractivity contribution is 0.213. The Morgan fingerprint density at radius 1 is 1.06 bits per heavy atom. The van der Waals surface area contributed by atoms with E-state index in [1.807, 2.05) is 17.1 Å². The Bertz CT molecular complexity index is 1360. The second-order valence-corrected chi connectivity index (χ2v) is 9.73. The number of rotatable bonds is 4. The molecule has 2 aliphatic heterocycles. The minimum atomic E-state index is 0.129. The van der Waals surface area contributed by atoms with Gasteiger partial charge in [0.25, 0.3) is 0 Å². The molecule has 5 heterocycles. The van der Waals surface area contributed by atoms with E-state index in [9.17, 15) is 0 Å². The number of anilines is 1. The van der Waals surface area contributed by atoms with Gasteiger partial charge in [-0.3, -0.25) is 4.68 Å². The summed E-state index contributed by atoms with van der Waals surface area (Å²) in [7, 11) is 2.18. The van der Waals surface area contributed by atoms with E-state index >= 15 is 0 Å². The minimum Gasteiger partial charge on any atom is -0.491 e. The second kappa shape index (κ2) is 8.53. The molecule has 1 saturated heterocycles. The lowest BCUT2D eigenvalue weighted by Gasteiger charge is -2.30. The molecular weight excluding hydrogens is 442 g/mol. The summed E-state index contributed by atoms with van der Waals surface area (Å²) in [5.41, 5.74) is 9.86. The highest BCUT2D eigenvalue weighted by Crippen LogP contribution is 2.38. The van der Waals surface area contributed by atoms with Crippen LogP contribution < -0.4 is 10.5 Å². The molecule has 10 heteroatoms. The van der Waals surface area contributed by atoms with Gasteiger partial charge in [-0.15, -0.1) is 5.10 Å². The summed E-state index contributed by atoms with van der Waals surface area (Å²) in [4.78, 5) is 11.8. The fourth-order valence-corrected chi connectivity index (χ4v) is 5.10. The van der Waals surface area contributed by atoms with Crippen LogP contribution in [0.3, 0.4) is 0 Å². The van der Waals surface area contributed by atoms with Gasteiger partial charge in [0.05, 0.1) is 23.8 Å². The average Bonchev–Trinajstić information content (AvgIpc) is 3.56. The number of aromatic nitrogens is 7. The van der Waals surface area contributed by atoms with Crippen LogP contribution in [0.1, 0.15) is 38.8 Å². The van der Waals surface area contributed by atoms with Gasteiger partial charge in [-0.1, -0.05) is 6.07 Å². The number of nitrogens with two attached hydrogens (primary N) is 1.